The largest absolute Gasteiger partial charge is 0.391 e. The zero-order valence-corrected chi connectivity index (χ0v) is 12.8. The molecule has 0 aromatic carbocycles. The van der Waals surface area contributed by atoms with Crippen molar-refractivity contribution in [3.8, 4) is 0 Å². The Balaban J connectivity index is 2.00. The molecule has 4 N–H and O–H groups in total. The van der Waals surface area contributed by atoms with Crippen molar-refractivity contribution in [3.05, 3.63) is 0 Å². The van der Waals surface area contributed by atoms with Gasteiger partial charge in [0.15, 0.2) is 0 Å². The van der Waals surface area contributed by atoms with Crippen LogP contribution < -0.4 is 11.1 Å². The number of hydrogen-bond donors (Lipinski definition) is 3. The molecule has 0 aromatic heterocycles. The molecule has 2 aliphatic rings. The van der Waals surface area contributed by atoms with Crippen LogP contribution in [0.15, 0.2) is 0 Å². The van der Waals surface area contributed by atoms with Gasteiger partial charge < -0.3 is 20.9 Å². The van der Waals surface area contributed by atoms with E-state index in [0.717, 1.165) is 25.9 Å². The standard InChI is InChI=1S/C15H28N2O3/c1-4-6-10(18)9-17-13(19)15(16)11-7-5-8-20-12(11)14(15,2)3/h10-12,18H,4-9,16H2,1-3H3,(H,17,19). The molecular weight excluding hydrogens is 256 g/mol. The van der Waals surface area contributed by atoms with Crippen LogP contribution in [0.3, 0.4) is 0 Å². The first-order chi connectivity index (χ1) is 9.35. The van der Waals surface area contributed by atoms with Crippen molar-refractivity contribution in [2.45, 2.75) is 64.2 Å². The molecule has 2 fully saturated rings. The Kier molecular flexibility index (Phi) is 4.42. The topological polar surface area (TPSA) is 84.6 Å². The lowest BCUT2D eigenvalue weighted by molar-refractivity contribution is -0.225. The molecule has 116 valence electrons. The van der Waals surface area contributed by atoms with Gasteiger partial charge in [-0.15, -0.1) is 0 Å². The van der Waals surface area contributed by atoms with Crippen molar-refractivity contribution in [2.24, 2.45) is 17.1 Å². The maximum Gasteiger partial charge on any atom is 0.241 e. The van der Waals surface area contributed by atoms with E-state index in [-0.39, 0.29) is 29.9 Å². The molecule has 1 heterocycles. The average Bonchev–Trinajstić information content (AvgIpc) is 2.44. The zero-order valence-electron chi connectivity index (χ0n) is 12.8. The Labute approximate surface area is 121 Å². The van der Waals surface area contributed by atoms with Gasteiger partial charge in [-0.3, -0.25) is 4.79 Å². The van der Waals surface area contributed by atoms with Crippen molar-refractivity contribution < 1.29 is 14.6 Å². The van der Waals surface area contributed by atoms with E-state index >= 15 is 0 Å². The van der Waals surface area contributed by atoms with Crippen molar-refractivity contribution in [3.63, 3.8) is 0 Å². The number of ether oxygens (including phenoxy) is 1. The lowest BCUT2D eigenvalue weighted by Crippen LogP contribution is -2.82. The Hall–Kier alpha value is -0.650. The molecule has 0 aromatic rings. The fourth-order valence-electron chi connectivity index (χ4n) is 3.83. The molecular formula is C15H28N2O3. The second-order valence-corrected chi connectivity index (χ2v) is 6.78. The third-order valence-electron chi connectivity index (χ3n) is 5.18. The number of fused-ring (bicyclic) bond motifs is 1. The van der Waals surface area contributed by atoms with Crippen molar-refractivity contribution in [1.29, 1.82) is 0 Å². The van der Waals surface area contributed by atoms with Gasteiger partial charge in [0.05, 0.1) is 12.2 Å². The number of nitrogens with one attached hydrogen (secondary N) is 1. The van der Waals surface area contributed by atoms with E-state index in [1.165, 1.54) is 0 Å². The second-order valence-electron chi connectivity index (χ2n) is 6.78. The van der Waals surface area contributed by atoms with E-state index in [4.69, 9.17) is 10.5 Å². The highest BCUT2D eigenvalue weighted by atomic mass is 16.5. The first-order valence-electron chi connectivity index (χ1n) is 7.72. The Morgan fingerprint density at radius 2 is 2.25 bits per heavy atom. The van der Waals surface area contributed by atoms with Crippen LogP contribution in [0, 0.1) is 11.3 Å². The van der Waals surface area contributed by atoms with Crippen molar-refractivity contribution in [2.75, 3.05) is 13.2 Å². The van der Waals surface area contributed by atoms with Crippen LogP contribution in [-0.2, 0) is 9.53 Å². The monoisotopic (exact) mass is 284 g/mol. The summed E-state index contributed by atoms with van der Waals surface area (Å²) in [4.78, 5) is 12.5. The summed E-state index contributed by atoms with van der Waals surface area (Å²) in [5, 5.41) is 12.6. The van der Waals surface area contributed by atoms with Crippen molar-refractivity contribution in [1.82, 2.24) is 5.32 Å². The van der Waals surface area contributed by atoms with Crippen LogP contribution >= 0.6 is 0 Å². The molecule has 4 atom stereocenters. The summed E-state index contributed by atoms with van der Waals surface area (Å²) in [7, 11) is 0. The van der Waals surface area contributed by atoms with Crippen LogP contribution in [0.2, 0.25) is 0 Å². The molecule has 1 amide bonds. The van der Waals surface area contributed by atoms with Gasteiger partial charge in [-0.2, -0.15) is 0 Å². The summed E-state index contributed by atoms with van der Waals surface area (Å²) in [6.07, 6.45) is 3.07. The maximum absolute atomic E-state index is 12.5. The van der Waals surface area contributed by atoms with Crippen LogP contribution in [0.25, 0.3) is 0 Å². The minimum atomic E-state index is -0.885. The van der Waals surface area contributed by atoms with Gasteiger partial charge in [0.1, 0.15) is 5.54 Å². The lowest BCUT2D eigenvalue weighted by atomic mass is 9.46. The SMILES string of the molecule is CCCC(O)CNC(=O)C1(N)C2CCCOC2C1(C)C. The molecule has 1 aliphatic heterocycles. The number of carbonyl (C=O) groups is 1. The first-order valence-corrected chi connectivity index (χ1v) is 7.72. The fraction of sp³-hybridized carbons (Fsp3) is 0.933. The molecule has 4 unspecified atom stereocenters. The van der Waals surface area contributed by atoms with Crippen LogP contribution in [0.1, 0.15) is 46.5 Å². The summed E-state index contributed by atoms with van der Waals surface area (Å²) in [5.74, 6) is -0.0565. The van der Waals surface area contributed by atoms with Crippen LogP contribution in [-0.4, -0.2) is 41.9 Å². The molecule has 1 aliphatic carbocycles. The van der Waals surface area contributed by atoms with Gasteiger partial charge in [0.25, 0.3) is 0 Å². The molecule has 0 spiro atoms. The number of hydrogen-bond acceptors (Lipinski definition) is 4. The number of aliphatic hydroxyl groups excluding tert-OH is 1. The molecule has 5 nitrogen and oxygen atoms in total. The first kappa shape index (κ1) is 15.7. The summed E-state index contributed by atoms with van der Waals surface area (Å²) >= 11 is 0. The van der Waals surface area contributed by atoms with E-state index in [2.05, 4.69) is 5.32 Å². The smallest absolute Gasteiger partial charge is 0.241 e. The molecule has 2 rings (SSSR count). The number of nitrogens with two attached hydrogens (primary N) is 1. The molecule has 0 bridgehead atoms. The minimum absolute atomic E-state index is 0.0764. The Bertz CT molecular complexity index is 372. The van der Waals surface area contributed by atoms with Crippen molar-refractivity contribution >= 4 is 5.91 Å². The highest BCUT2D eigenvalue weighted by molar-refractivity contribution is 5.89. The van der Waals surface area contributed by atoms with E-state index < -0.39 is 11.6 Å². The predicted molar refractivity (Wildman–Crippen MR) is 77.1 cm³/mol. The van der Waals surface area contributed by atoms with E-state index in [1.54, 1.807) is 0 Å². The summed E-state index contributed by atoms with van der Waals surface area (Å²) in [6.45, 7) is 7.05. The van der Waals surface area contributed by atoms with Crippen LogP contribution in [0.4, 0.5) is 0 Å². The molecule has 0 radical (unpaired) electrons. The summed E-state index contributed by atoms with van der Waals surface area (Å²) < 4.78 is 5.79. The van der Waals surface area contributed by atoms with E-state index in [1.807, 2.05) is 20.8 Å². The Morgan fingerprint density at radius 1 is 1.55 bits per heavy atom. The van der Waals surface area contributed by atoms with E-state index in [0.29, 0.717) is 6.42 Å². The molecule has 5 heteroatoms. The number of rotatable bonds is 5. The van der Waals surface area contributed by atoms with Crippen LogP contribution in [0.5, 0.6) is 0 Å². The maximum atomic E-state index is 12.5. The highest BCUT2D eigenvalue weighted by Gasteiger charge is 2.70. The van der Waals surface area contributed by atoms with Gasteiger partial charge >= 0.3 is 0 Å². The summed E-state index contributed by atoms with van der Waals surface area (Å²) in [5.41, 5.74) is 5.22. The number of amides is 1. The normalized spacial score (nSPS) is 36.6. The summed E-state index contributed by atoms with van der Waals surface area (Å²) in [6, 6.07) is 0. The highest BCUT2D eigenvalue weighted by Crippen LogP contribution is 2.57. The van der Waals surface area contributed by atoms with Gasteiger partial charge in [-0.25, -0.2) is 0 Å². The average molecular weight is 284 g/mol. The predicted octanol–water partition coefficient (Wildman–Crippen LogP) is 0.796. The lowest BCUT2D eigenvalue weighted by Gasteiger charge is -2.65. The quantitative estimate of drug-likeness (QED) is 0.697. The van der Waals surface area contributed by atoms with Gasteiger partial charge in [-0.05, 0) is 19.3 Å². The molecule has 1 saturated heterocycles. The fourth-order valence-corrected chi connectivity index (χ4v) is 3.83. The molecule has 1 saturated carbocycles. The third-order valence-corrected chi connectivity index (χ3v) is 5.18. The second kappa shape index (κ2) is 5.62. The van der Waals surface area contributed by atoms with Gasteiger partial charge in [0, 0.05) is 24.5 Å². The molecule has 20 heavy (non-hydrogen) atoms. The Morgan fingerprint density at radius 3 is 2.90 bits per heavy atom. The van der Waals surface area contributed by atoms with Gasteiger partial charge in [0.2, 0.25) is 5.91 Å². The zero-order chi connectivity index (χ0) is 15.0. The number of aliphatic hydroxyl groups is 1. The third kappa shape index (κ3) is 2.26. The number of carbonyl (C=O) groups excluding carboxylic acids is 1. The minimum Gasteiger partial charge on any atom is -0.391 e. The van der Waals surface area contributed by atoms with Gasteiger partial charge in [-0.1, -0.05) is 27.2 Å². The van der Waals surface area contributed by atoms with E-state index in [9.17, 15) is 9.90 Å².